The largest absolute Gasteiger partial charge is 0.303 e. The van der Waals surface area contributed by atoms with E-state index in [-0.39, 0.29) is 11.6 Å². The fourth-order valence-electron chi connectivity index (χ4n) is 2.07. The summed E-state index contributed by atoms with van der Waals surface area (Å²) in [6.45, 7) is 3.74. The van der Waals surface area contributed by atoms with Crippen molar-refractivity contribution in [2.45, 2.75) is 25.9 Å². The second-order valence-corrected chi connectivity index (χ2v) is 6.18. The molecule has 1 heterocycles. The molecule has 0 saturated heterocycles. The molecule has 2 rings (SSSR count). The van der Waals surface area contributed by atoms with Crippen molar-refractivity contribution < 1.29 is 8.78 Å². The molecule has 0 bridgehead atoms. The van der Waals surface area contributed by atoms with Gasteiger partial charge in [-0.15, -0.1) is 11.3 Å². The first kappa shape index (κ1) is 14.6. The number of benzene rings is 1. The lowest BCUT2D eigenvalue weighted by Crippen LogP contribution is -2.23. The molecule has 0 aliphatic carbocycles. The summed E-state index contributed by atoms with van der Waals surface area (Å²) in [6, 6.07) is 5.52. The standard InChI is InChI=1S/C14H14BrF2NS/c1-8(13-11(16)4-3-5-12(13)17)18-9(2)14-10(15)6-7-19-14/h3-9,18H,1-2H3. The summed E-state index contributed by atoms with van der Waals surface area (Å²) in [5.41, 5.74) is 0.0852. The van der Waals surface area contributed by atoms with Gasteiger partial charge in [-0.05, 0) is 53.4 Å². The molecular formula is C14H14BrF2NS. The summed E-state index contributed by atoms with van der Waals surface area (Å²) in [4.78, 5) is 1.11. The summed E-state index contributed by atoms with van der Waals surface area (Å²) in [5.74, 6) is -1.03. The number of thiophene rings is 1. The van der Waals surface area contributed by atoms with Crippen LogP contribution in [-0.4, -0.2) is 0 Å². The van der Waals surface area contributed by atoms with Gasteiger partial charge in [0.1, 0.15) is 11.6 Å². The molecule has 0 amide bonds. The average Bonchev–Trinajstić information content (AvgIpc) is 2.75. The van der Waals surface area contributed by atoms with E-state index in [4.69, 9.17) is 0 Å². The highest BCUT2D eigenvalue weighted by Gasteiger charge is 2.19. The van der Waals surface area contributed by atoms with Crippen molar-refractivity contribution in [2.75, 3.05) is 0 Å². The third kappa shape index (κ3) is 3.22. The SMILES string of the molecule is CC(NC(C)c1c(F)cccc1F)c1sccc1Br. The maximum atomic E-state index is 13.7. The molecule has 1 nitrogen and oxygen atoms in total. The van der Waals surface area contributed by atoms with Crippen LogP contribution in [0.4, 0.5) is 8.78 Å². The maximum Gasteiger partial charge on any atom is 0.130 e. The quantitative estimate of drug-likeness (QED) is 0.802. The zero-order valence-electron chi connectivity index (χ0n) is 10.6. The average molecular weight is 346 g/mol. The van der Waals surface area contributed by atoms with E-state index in [2.05, 4.69) is 21.2 Å². The first-order valence-corrected chi connectivity index (χ1v) is 7.60. The van der Waals surface area contributed by atoms with Gasteiger partial charge >= 0.3 is 0 Å². The molecule has 2 aromatic rings. The Kier molecular flexibility index (Phi) is 4.71. The predicted molar refractivity (Wildman–Crippen MR) is 78.3 cm³/mol. The molecule has 1 aromatic carbocycles. The second kappa shape index (κ2) is 6.11. The molecule has 0 radical (unpaired) electrons. The van der Waals surface area contributed by atoms with E-state index in [9.17, 15) is 8.78 Å². The smallest absolute Gasteiger partial charge is 0.130 e. The molecule has 19 heavy (non-hydrogen) atoms. The van der Waals surface area contributed by atoms with E-state index >= 15 is 0 Å². The Bertz CT molecular complexity index is 550. The van der Waals surface area contributed by atoms with E-state index in [1.54, 1.807) is 18.3 Å². The Balaban J connectivity index is 2.18. The molecular weight excluding hydrogens is 332 g/mol. The van der Waals surface area contributed by atoms with E-state index in [1.165, 1.54) is 18.2 Å². The Morgan fingerprint density at radius 3 is 2.26 bits per heavy atom. The Labute approximate surface area is 123 Å². The fourth-order valence-corrected chi connectivity index (χ4v) is 3.81. The van der Waals surface area contributed by atoms with E-state index < -0.39 is 17.7 Å². The molecule has 1 aromatic heterocycles. The van der Waals surface area contributed by atoms with Gasteiger partial charge in [0.05, 0.1) is 0 Å². The van der Waals surface area contributed by atoms with Crippen LogP contribution in [0.1, 0.15) is 36.4 Å². The topological polar surface area (TPSA) is 12.0 Å². The van der Waals surface area contributed by atoms with Crippen LogP contribution in [0.15, 0.2) is 34.1 Å². The van der Waals surface area contributed by atoms with Crippen LogP contribution < -0.4 is 5.32 Å². The third-order valence-electron chi connectivity index (χ3n) is 2.97. The molecule has 0 spiro atoms. The highest BCUT2D eigenvalue weighted by Crippen LogP contribution is 2.31. The van der Waals surface area contributed by atoms with Gasteiger partial charge < -0.3 is 5.32 Å². The van der Waals surface area contributed by atoms with Gasteiger partial charge in [-0.1, -0.05) is 6.07 Å². The van der Waals surface area contributed by atoms with Crippen LogP contribution in [0.3, 0.4) is 0 Å². The van der Waals surface area contributed by atoms with E-state index in [0.717, 1.165) is 9.35 Å². The van der Waals surface area contributed by atoms with Crippen LogP contribution in [0, 0.1) is 11.6 Å². The normalized spacial score (nSPS) is 14.4. The van der Waals surface area contributed by atoms with Crippen LogP contribution in [-0.2, 0) is 0 Å². The lowest BCUT2D eigenvalue weighted by molar-refractivity contribution is 0.452. The molecule has 2 unspecified atom stereocenters. The molecule has 5 heteroatoms. The highest BCUT2D eigenvalue weighted by molar-refractivity contribution is 9.10. The van der Waals surface area contributed by atoms with Gasteiger partial charge in [0, 0.05) is 27.0 Å². The van der Waals surface area contributed by atoms with E-state index in [1.807, 2.05) is 18.4 Å². The highest BCUT2D eigenvalue weighted by atomic mass is 79.9. The maximum absolute atomic E-state index is 13.7. The molecule has 1 N–H and O–H groups in total. The van der Waals surface area contributed by atoms with Crippen LogP contribution in [0.2, 0.25) is 0 Å². The van der Waals surface area contributed by atoms with Crippen LogP contribution >= 0.6 is 27.3 Å². The monoisotopic (exact) mass is 345 g/mol. The van der Waals surface area contributed by atoms with Gasteiger partial charge in [-0.2, -0.15) is 0 Å². The molecule has 0 aliphatic heterocycles. The number of rotatable bonds is 4. The molecule has 2 atom stereocenters. The molecule has 0 saturated carbocycles. The number of hydrogen-bond donors (Lipinski definition) is 1. The second-order valence-electron chi connectivity index (χ2n) is 4.38. The van der Waals surface area contributed by atoms with Crippen molar-refractivity contribution in [1.29, 1.82) is 0 Å². The number of hydrogen-bond acceptors (Lipinski definition) is 2. The summed E-state index contributed by atoms with van der Waals surface area (Å²) in [6.07, 6.45) is 0. The molecule has 0 aliphatic rings. The summed E-state index contributed by atoms with van der Waals surface area (Å²) < 4.78 is 28.4. The van der Waals surface area contributed by atoms with Crippen molar-refractivity contribution in [2.24, 2.45) is 0 Å². The van der Waals surface area contributed by atoms with Gasteiger partial charge in [-0.25, -0.2) is 8.78 Å². The van der Waals surface area contributed by atoms with Gasteiger partial charge in [0.15, 0.2) is 0 Å². The van der Waals surface area contributed by atoms with Crippen LogP contribution in [0.5, 0.6) is 0 Å². The van der Waals surface area contributed by atoms with Crippen molar-refractivity contribution in [3.63, 3.8) is 0 Å². The summed E-state index contributed by atoms with van der Waals surface area (Å²) >= 11 is 5.07. The van der Waals surface area contributed by atoms with Crippen molar-refractivity contribution in [3.05, 3.63) is 56.2 Å². The zero-order valence-corrected chi connectivity index (χ0v) is 13.0. The fraction of sp³-hybridized carbons (Fsp3) is 0.286. The molecule has 0 fully saturated rings. The summed E-state index contributed by atoms with van der Waals surface area (Å²) in [5, 5.41) is 5.20. The van der Waals surface area contributed by atoms with Gasteiger partial charge in [0.25, 0.3) is 0 Å². The third-order valence-corrected chi connectivity index (χ3v) is 5.02. The van der Waals surface area contributed by atoms with Crippen molar-refractivity contribution in [3.8, 4) is 0 Å². The van der Waals surface area contributed by atoms with E-state index in [0.29, 0.717) is 0 Å². The minimum atomic E-state index is -0.516. The van der Waals surface area contributed by atoms with Gasteiger partial charge in [0.2, 0.25) is 0 Å². The lowest BCUT2D eigenvalue weighted by Gasteiger charge is -2.21. The Hall–Kier alpha value is -0.780. The number of halogens is 3. The first-order chi connectivity index (χ1) is 9.00. The number of nitrogens with one attached hydrogen (secondary N) is 1. The summed E-state index contributed by atoms with van der Waals surface area (Å²) in [7, 11) is 0. The predicted octanol–water partition coefficient (Wildman–Crippen LogP) is 5.20. The Morgan fingerprint density at radius 2 is 1.74 bits per heavy atom. The van der Waals surface area contributed by atoms with Gasteiger partial charge in [-0.3, -0.25) is 0 Å². The first-order valence-electron chi connectivity index (χ1n) is 5.93. The Morgan fingerprint density at radius 1 is 1.11 bits per heavy atom. The van der Waals surface area contributed by atoms with Crippen LogP contribution in [0.25, 0.3) is 0 Å². The van der Waals surface area contributed by atoms with Crippen molar-refractivity contribution in [1.82, 2.24) is 5.32 Å². The van der Waals surface area contributed by atoms with Crippen molar-refractivity contribution >= 4 is 27.3 Å². The lowest BCUT2D eigenvalue weighted by atomic mass is 10.1. The minimum Gasteiger partial charge on any atom is -0.303 e. The minimum absolute atomic E-state index is 0.0170. The molecule has 102 valence electrons. The zero-order chi connectivity index (χ0) is 14.0.